The molecule has 2 aliphatic rings. The van der Waals surface area contributed by atoms with E-state index in [1.54, 1.807) is 26.0 Å². The Kier molecular flexibility index (Phi) is 5.61. The number of anilines is 1. The second-order valence-electron chi connectivity index (χ2n) is 7.03. The Bertz CT molecular complexity index is 916. The van der Waals surface area contributed by atoms with E-state index in [1.807, 2.05) is 49.4 Å². The zero-order valence-electron chi connectivity index (χ0n) is 17.1. The topological polar surface area (TPSA) is 54.2 Å². The van der Waals surface area contributed by atoms with E-state index in [0.29, 0.717) is 13.2 Å². The van der Waals surface area contributed by atoms with Gasteiger partial charge in [0.2, 0.25) is 0 Å². The molecule has 0 saturated heterocycles. The summed E-state index contributed by atoms with van der Waals surface area (Å²) in [5, 5.41) is 12.9. The second kappa shape index (κ2) is 8.16. The first-order chi connectivity index (χ1) is 14.1. The molecule has 6 nitrogen and oxygen atoms in total. The lowest BCUT2D eigenvalue weighted by Gasteiger charge is -2.24. The maximum Gasteiger partial charge on any atom is 0.316 e. The van der Waals surface area contributed by atoms with Gasteiger partial charge in [-0.15, -0.1) is 0 Å². The lowest BCUT2D eigenvalue weighted by Crippen LogP contribution is -2.41. The highest BCUT2D eigenvalue weighted by Crippen LogP contribution is 2.42. The van der Waals surface area contributed by atoms with Crippen LogP contribution >= 0.6 is 11.8 Å². The molecule has 0 saturated carbocycles. The number of hydrogen-bond donors (Lipinski definition) is 1. The quantitative estimate of drug-likeness (QED) is 0.731. The van der Waals surface area contributed by atoms with Gasteiger partial charge in [0.05, 0.1) is 27.4 Å². The minimum absolute atomic E-state index is 0.410. The van der Waals surface area contributed by atoms with Crippen LogP contribution in [0.4, 0.5) is 5.69 Å². The average Bonchev–Trinajstić information content (AvgIpc) is 3.08. The highest BCUT2D eigenvalue weighted by molar-refractivity contribution is 8.13. The Morgan fingerprint density at radius 3 is 2.55 bits per heavy atom. The van der Waals surface area contributed by atoms with Crippen LogP contribution in [0.5, 0.6) is 17.2 Å². The molecule has 0 aliphatic carbocycles. The maximum absolute atomic E-state index is 11.8. The van der Waals surface area contributed by atoms with E-state index in [1.165, 1.54) is 0 Å². The van der Waals surface area contributed by atoms with Crippen LogP contribution in [0, 0.1) is 0 Å². The molecule has 1 N–H and O–H groups in total. The van der Waals surface area contributed by atoms with Gasteiger partial charge in [0.15, 0.2) is 18.0 Å². The minimum atomic E-state index is -1.12. The zero-order valence-corrected chi connectivity index (χ0v) is 17.9. The summed E-state index contributed by atoms with van der Waals surface area (Å²) in [6.45, 7) is 3.79. The first kappa shape index (κ1) is 19.9. The molecule has 2 heterocycles. The van der Waals surface area contributed by atoms with E-state index in [-0.39, 0.29) is 0 Å². The van der Waals surface area contributed by atoms with Crippen LogP contribution in [-0.2, 0) is 5.72 Å². The van der Waals surface area contributed by atoms with Gasteiger partial charge in [0.1, 0.15) is 11.5 Å². The number of β-amino-alcohol motifs (C(OH)–C–C–N with tert-alkyl or cyclic N) is 1. The number of thioether (sulfide) groups is 1. The summed E-state index contributed by atoms with van der Waals surface area (Å²) in [5.74, 6) is 3.33. The van der Waals surface area contributed by atoms with Crippen LogP contribution in [0.1, 0.15) is 18.9 Å². The average molecular weight is 416 g/mol. The van der Waals surface area contributed by atoms with Crippen LogP contribution in [0.25, 0.3) is 0 Å². The van der Waals surface area contributed by atoms with Crippen molar-refractivity contribution in [2.45, 2.75) is 19.1 Å². The van der Waals surface area contributed by atoms with Crippen molar-refractivity contribution in [3.63, 3.8) is 0 Å². The fraction of sp³-hybridized carbons (Fsp3) is 0.409. The summed E-state index contributed by atoms with van der Waals surface area (Å²) in [6.07, 6.45) is 1.02. The Morgan fingerprint density at radius 2 is 1.86 bits per heavy atom. The minimum Gasteiger partial charge on any atom is -0.497 e. The Morgan fingerprint density at radius 1 is 1.10 bits per heavy atom. The number of methoxy groups -OCH3 is 2. The van der Waals surface area contributed by atoms with Crippen molar-refractivity contribution >= 4 is 22.6 Å². The highest BCUT2D eigenvalue weighted by atomic mass is 32.2. The smallest absolute Gasteiger partial charge is 0.316 e. The fourth-order valence-electron chi connectivity index (χ4n) is 3.93. The van der Waals surface area contributed by atoms with Gasteiger partial charge in [-0.3, -0.25) is 0 Å². The van der Waals surface area contributed by atoms with Crippen LogP contribution in [0.3, 0.4) is 0 Å². The van der Waals surface area contributed by atoms with Crippen LogP contribution < -0.4 is 19.1 Å². The Balaban J connectivity index is 1.77. The third-order valence-electron chi connectivity index (χ3n) is 5.35. The number of hydrogen-bond acceptors (Lipinski definition) is 6. The monoisotopic (exact) mass is 415 g/mol. The third kappa shape index (κ3) is 3.53. The van der Waals surface area contributed by atoms with E-state index in [2.05, 4.69) is 9.48 Å². The molecule has 154 valence electrons. The predicted molar refractivity (Wildman–Crippen MR) is 116 cm³/mol. The van der Waals surface area contributed by atoms with Gasteiger partial charge >= 0.3 is 5.17 Å². The van der Waals surface area contributed by atoms with Gasteiger partial charge in [0.25, 0.3) is 5.72 Å². The number of nitrogens with zero attached hydrogens (tertiary/aromatic N) is 2. The molecule has 0 radical (unpaired) electrons. The Labute approximate surface area is 175 Å². The van der Waals surface area contributed by atoms with Crippen LogP contribution in [0.15, 0.2) is 42.5 Å². The summed E-state index contributed by atoms with van der Waals surface area (Å²) in [5.41, 5.74) is 0.620. The first-order valence-corrected chi connectivity index (χ1v) is 10.8. The molecule has 0 aromatic heterocycles. The van der Waals surface area contributed by atoms with Crippen molar-refractivity contribution in [2.24, 2.45) is 0 Å². The number of amidine groups is 1. The van der Waals surface area contributed by atoms with Crippen molar-refractivity contribution in [1.82, 2.24) is 0 Å². The van der Waals surface area contributed by atoms with Crippen molar-refractivity contribution in [3.05, 3.63) is 48.0 Å². The lowest BCUT2D eigenvalue weighted by molar-refractivity contribution is -0.656. The van der Waals surface area contributed by atoms with Crippen molar-refractivity contribution in [3.8, 4) is 17.2 Å². The standard InChI is InChI=1S/C22H27N2O4S/c1-4-28-17-8-6-16(7-9-17)22(25)15-23(21-24(22)12-5-13-29-21)19-14-18(26-2)10-11-20(19)27-3/h6-11,14,25H,4-5,12-13,15H2,1-3H3/q+1. The van der Waals surface area contributed by atoms with Crippen molar-refractivity contribution < 1.29 is 23.9 Å². The summed E-state index contributed by atoms with van der Waals surface area (Å²) < 4.78 is 18.7. The molecular formula is C22H27N2O4S+. The molecule has 2 aromatic rings. The molecule has 0 fully saturated rings. The molecule has 0 spiro atoms. The summed E-state index contributed by atoms with van der Waals surface area (Å²) >= 11 is 1.77. The summed E-state index contributed by atoms with van der Waals surface area (Å²) in [7, 11) is 3.32. The van der Waals surface area contributed by atoms with Gasteiger partial charge in [-0.25, -0.2) is 9.48 Å². The largest absolute Gasteiger partial charge is 0.497 e. The molecular weight excluding hydrogens is 388 g/mol. The first-order valence-electron chi connectivity index (χ1n) is 9.83. The third-order valence-corrected chi connectivity index (χ3v) is 6.54. The molecule has 29 heavy (non-hydrogen) atoms. The normalized spacial score (nSPS) is 21.2. The van der Waals surface area contributed by atoms with Crippen molar-refractivity contribution in [2.75, 3.05) is 44.6 Å². The number of aliphatic hydroxyl groups is 1. The molecule has 0 bridgehead atoms. The second-order valence-corrected chi connectivity index (χ2v) is 8.10. The van der Waals surface area contributed by atoms with E-state index in [0.717, 1.165) is 52.4 Å². The molecule has 2 aromatic carbocycles. The number of rotatable bonds is 6. The summed E-state index contributed by atoms with van der Waals surface area (Å²) in [4.78, 5) is 2.14. The molecule has 4 rings (SSSR count). The van der Waals surface area contributed by atoms with Gasteiger partial charge in [0, 0.05) is 17.4 Å². The molecule has 2 aliphatic heterocycles. The fourth-order valence-corrected chi connectivity index (χ4v) is 5.10. The van der Waals surface area contributed by atoms with E-state index >= 15 is 0 Å². The molecule has 0 amide bonds. The van der Waals surface area contributed by atoms with Crippen LogP contribution in [-0.4, -0.2) is 54.5 Å². The van der Waals surface area contributed by atoms with Gasteiger partial charge in [-0.2, -0.15) is 0 Å². The number of benzene rings is 2. The van der Waals surface area contributed by atoms with Crippen LogP contribution in [0.2, 0.25) is 0 Å². The van der Waals surface area contributed by atoms with Gasteiger partial charge in [-0.05, 0) is 61.5 Å². The lowest BCUT2D eigenvalue weighted by atomic mass is 10.0. The van der Waals surface area contributed by atoms with E-state index in [9.17, 15) is 5.11 Å². The summed E-state index contributed by atoms with van der Waals surface area (Å²) in [6, 6.07) is 13.5. The number of ether oxygens (including phenoxy) is 3. The predicted octanol–water partition coefficient (Wildman–Crippen LogP) is 3.27. The molecule has 7 heteroatoms. The molecule has 1 atom stereocenters. The maximum atomic E-state index is 11.8. The SMILES string of the molecule is CCOc1ccc(C2(O)CN(c3cc(OC)ccc3OC)C3=[N+]2CCCS3)cc1. The zero-order chi connectivity index (χ0) is 20.4. The highest BCUT2D eigenvalue weighted by Gasteiger charge is 2.53. The van der Waals surface area contributed by atoms with Crippen molar-refractivity contribution in [1.29, 1.82) is 0 Å². The Hall–Kier alpha value is -2.38. The van der Waals surface area contributed by atoms with E-state index < -0.39 is 5.72 Å². The van der Waals surface area contributed by atoms with Gasteiger partial charge < -0.3 is 19.3 Å². The van der Waals surface area contributed by atoms with Gasteiger partial charge in [-0.1, -0.05) is 0 Å². The van der Waals surface area contributed by atoms with E-state index in [4.69, 9.17) is 14.2 Å². The molecule has 1 unspecified atom stereocenters.